The van der Waals surface area contributed by atoms with Crippen molar-refractivity contribution < 1.29 is 14.0 Å². The second-order valence-electron chi connectivity index (χ2n) is 4.78. The summed E-state index contributed by atoms with van der Waals surface area (Å²) in [6.07, 6.45) is 0.641. The summed E-state index contributed by atoms with van der Waals surface area (Å²) in [6, 6.07) is 4.08. The number of furan rings is 1. The summed E-state index contributed by atoms with van der Waals surface area (Å²) in [5, 5.41) is 3.25. The Morgan fingerprint density at radius 3 is 2.44 bits per heavy atom. The summed E-state index contributed by atoms with van der Waals surface area (Å²) in [6.45, 7) is 5.02. The maximum atomic E-state index is 11.5. The maximum absolute atomic E-state index is 11.5. The van der Waals surface area contributed by atoms with Crippen LogP contribution in [0.3, 0.4) is 0 Å². The van der Waals surface area contributed by atoms with E-state index in [4.69, 9.17) is 4.42 Å². The zero-order chi connectivity index (χ0) is 13.1. The molecule has 1 aliphatic heterocycles. The van der Waals surface area contributed by atoms with Gasteiger partial charge in [0.2, 0.25) is 11.8 Å². The number of nitrogens with one attached hydrogen (secondary N) is 1. The Morgan fingerprint density at radius 1 is 1.22 bits per heavy atom. The normalized spacial score (nSPS) is 16.1. The first-order chi connectivity index (χ1) is 8.56. The van der Waals surface area contributed by atoms with Gasteiger partial charge in [-0.3, -0.25) is 14.5 Å². The van der Waals surface area contributed by atoms with Crippen LogP contribution in [0.5, 0.6) is 0 Å². The fourth-order valence-electron chi connectivity index (χ4n) is 1.86. The Kier molecular flexibility index (Phi) is 3.81. The van der Waals surface area contributed by atoms with E-state index in [2.05, 4.69) is 19.2 Å². The van der Waals surface area contributed by atoms with Crippen molar-refractivity contribution in [2.45, 2.75) is 45.8 Å². The average molecular weight is 250 g/mol. The number of amides is 2. The molecule has 0 radical (unpaired) electrons. The minimum absolute atomic E-state index is 0.113. The molecule has 98 valence electrons. The molecular formula is C13H18N2O3. The highest BCUT2D eigenvalue weighted by Gasteiger charge is 2.29. The van der Waals surface area contributed by atoms with Gasteiger partial charge < -0.3 is 9.73 Å². The second kappa shape index (κ2) is 5.35. The molecule has 18 heavy (non-hydrogen) atoms. The van der Waals surface area contributed by atoms with E-state index in [1.54, 1.807) is 0 Å². The number of carbonyl (C=O) groups is 2. The average Bonchev–Trinajstić information content (AvgIpc) is 2.88. The fraction of sp³-hybridized carbons (Fsp3) is 0.538. The van der Waals surface area contributed by atoms with Crippen molar-refractivity contribution in [2.24, 2.45) is 0 Å². The van der Waals surface area contributed by atoms with Gasteiger partial charge in [-0.25, -0.2) is 0 Å². The Hall–Kier alpha value is -1.62. The van der Waals surface area contributed by atoms with Gasteiger partial charge in [0.1, 0.15) is 11.5 Å². The van der Waals surface area contributed by atoms with Gasteiger partial charge >= 0.3 is 0 Å². The number of rotatable bonds is 5. The van der Waals surface area contributed by atoms with Crippen molar-refractivity contribution >= 4 is 11.8 Å². The molecule has 1 aromatic heterocycles. The van der Waals surface area contributed by atoms with E-state index in [1.165, 1.54) is 4.90 Å². The SMILES string of the molecule is CC(C)NCc1ccc(CN2C(=O)CCC2=O)o1. The van der Waals surface area contributed by atoms with E-state index < -0.39 is 0 Å². The van der Waals surface area contributed by atoms with Crippen molar-refractivity contribution in [3.63, 3.8) is 0 Å². The van der Waals surface area contributed by atoms with Crippen molar-refractivity contribution in [3.05, 3.63) is 23.7 Å². The number of carbonyl (C=O) groups excluding carboxylic acids is 2. The Labute approximate surface area is 106 Å². The van der Waals surface area contributed by atoms with Crippen LogP contribution >= 0.6 is 0 Å². The third kappa shape index (κ3) is 2.98. The largest absolute Gasteiger partial charge is 0.463 e. The van der Waals surface area contributed by atoms with Crippen LogP contribution in [0.1, 0.15) is 38.2 Å². The minimum atomic E-state index is -0.113. The highest BCUT2D eigenvalue weighted by atomic mass is 16.3. The van der Waals surface area contributed by atoms with Crippen molar-refractivity contribution in [3.8, 4) is 0 Å². The van der Waals surface area contributed by atoms with Crippen LogP contribution < -0.4 is 5.32 Å². The first-order valence-electron chi connectivity index (χ1n) is 6.20. The molecule has 1 N–H and O–H groups in total. The van der Waals surface area contributed by atoms with E-state index in [-0.39, 0.29) is 18.4 Å². The molecule has 0 unspecified atom stereocenters. The lowest BCUT2D eigenvalue weighted by atomic mass is 10.3. The van der Waals surface area contributed by atoms with Crippen LogP contribution in [-0.4, -0.2) is 22.8 Å². The van der Waals surface area contributed by atoms with Crippen LogP contribution in [0.4, 0.5) is 0 Å². The Balaban J connectivity index is 1.94. The number of hydrogen-bond donors (Lipinski definition) is 1. The molecule has 5 heteroatoms. The number of imide groups is 1. The van der Waals surface area contributed by atoms with E-state index in [0.29, 0.717) is 31.2 Å². The minimum Gasteiger partial charge on any atom is -0.463 e. The predicted octanol–water partition coefficient (Wildman–Crippen LogP) is 1.43. The van der Waals surface area contributed by atoms with Crippen LogP contribution in [0.15, 0.2) is 16.5 Å². The smallest absolute Gasteiger partial charge is 0.230 e. The highest BCUT2D eigenvalue weighted by Crippen LogP contribution is 2.17. The lowest BCUT2D eigenvalue weighted by molar-refractivity contribution is -0.139. The second-order valence-corrected chi connectivity index (χ2v) is 4.78. The summed E-state index contributed by atoms with van der Waals surface area (Å²) in [7, 11) is 0. The van der Waals surface area contributed by atoms with Gasteiger partial charge in [-0.15, -0.1) is 0 Å². The number of hydrogen-bond acceptors (Lipinski definition) is 4. The van der Waals surface area contributed by atoms with E-state index in [0.717, 1.165) is 5.76 Å². The molecule has 0 bridgehead atoms. The zero-order valence-electron chi connectivity index (χ0n) is 10.7. The molecule has 1 fully saturated rings. The van der Waals surface area contributed by atoms with Gasteiger partial charge in [0, 0.05) is 18.9 Å². The molecule has 0 aliphatic carbocycles. The van der Waals surface area contributed by atoms with Crippen molar-refractivity contribution in [1.82, 2.24) is 10.2 Å². The number of nitrogens with zero attached hydrogens (tertiary/aromatic N) is 1. The van der Waals surface area contributed by atoms with Gasteiger partial charge in [0.15, 0.2) is 0 Å². The van der Waals surface area contributed by atoms with E-state index >= 15 is 0 Å². The quantitative estimate of drug-likeness (QED) is 0.803. The van der Waals surface area contributed by atoms with Gasteiger partial charge in [0.05, 0.1) is 13.1 Å². The summed E-state index contributed by atoms with van der Waals surface area (Å²) in [5.74, 6) is 1.24. The monoisotopic (exact) mass is 250 g/mol. The topological polar surface area (TPSA) is 62.6 Å². The molecule has 0 saturated carbocycles. The molecule has 2 heterocycles. The first-order valence-corrected chi connectivity index (χ1v) is 6.20. The molecule has 1 aromatic rings. The van der Waals surface area contributed by atoms with Gasteiger partial charge in [-0.1, -0.05) is 13.8 Å². The lowest BCUT2D eigenvalue weighted by Gasteiger charge is -2.11. The fourth-order valence-corrected chi connectivity index (χ4v) is 1.86. The molecule has 5 nitrogen and oxygen atoms in total. The van der Waals surface area contributed by atoms with Crippen LogP contribution in [0.2, 0.25) is 0 Å². The number of likely N-dealkylation sites (tertiary alicyclic amines) is 1. The van der Waals surface area contributed by atoms with Gasteiger partial charge in [-0.2, -0.15) is 0 Å². The maximum Gasteiger partial charge on any atom is 0.230 e. The predicted molar refractivity (Wildman–Crippen MR) is 65.5 cm³/mol. The lowest BCUT2D eigenvalue weighted by Crippen LogP contribution is -2.28. The van der Waals surface area contributed by atoms with Crippen LogP contribution in [-0.2, 0) is 22.7 Å². The Morgan fingerprint density at radius 2 is 1.83 bits per heavy atom. The molecular weight excluding hydrogens is 232 g/mol. The summed E-state index contributed by atoms with van der Waals surface area (Å²) >= 11 is 0. The highest BCUT2D eigenvalue weighted by molar-refractivity contribution is 6.01. The first kappa shape index (κ1) is 12.8. The molecule has 0 aromatic carbocycles. The summed E-state index contributed by atoms with van der Waals surface area (Å²) in [5.41, 5.74) is 0. The third-order valence-corrected chi connectivity index (χ3v) is 2.87. The molecule has 1 aliphatic rings. The molecule has 0 spiro atoms. The molecule has 2 amide bonds. The van der Waals surface area contributed by atoms with Gasteiger partial charge in [-0.05, 0) is 12.1 Å². The zero-order valence-corrected chi connectivity index (χ0v) is 10.7. The summed E-state index contributed by atoms with van der Waals surface area (Å²) < 4.78 is 5.58. The van der Waals surface area contributed by atoms with E-state index in [1.807, 2.05) is 12.1 Å². The summed E-state index contributed by atoms with van der Waals surface area (Å²) in [4.78, 5) is 24.2. The molecule has 2 rings (SSSR count). The van der Waals surface area contributed by atoms with Crippen LogP contribution in [0, 0.1) is 0 Å². The van der Waals surface area contributed by atoms with Crippen LogP contribution in [0.25, 0.3) is 0 Å². The standard InChI is InChI=1S/C13H18N2O3/c1-9(2)14-7-10-3-4-11(18-10)8-15-12(16)5-6-13(15)17/h3-4,9,14H,5-8H2,1-2H3. The Bertz CT molecular complexity index is 435. The van der Waals surface area contributed by atoms with Crippen molar-refractivity contribution in [1.29, 1.82) is 0 Å². The van der Waals surface area contributed by atoms with Crippen molar-refractivity contribution in [2.75, 3.05) is 0 Å². The van der Waals surface area contributed by atoms with Gasteiger partial charge in [0.25, 0.3) is 0 Å². The third-order valence-electron chi connectivity index (χ3n) is 2.87. The van der Waals surface area contributed by atoms with E-state index in [9.17, 15) is 9.59 Å². The molecule has 0 atom stereocenters. The molecule has 1 saturated heterocycles.